The van der Waals surface area contributed by atoms with Crippen molar-refractivity contribution in [2.45, 2.75) is 47.0 Å². The summed E-state index contributed by atoms with van der Waals surface area (Å²) in [5.74, 6) is 1.47. The Hall–Kier alpha value is -0.540. The van der Waals surface area contributed by atoms with E-state index in [-0.39, 0.29) is 0 Å². The molecule has 1 aromatic carbocycles. The van der Waals surface area contributed by atoms with Gasteiger partial charge >= 0.3 is 0 Å². The van der Waals surface area contributed by atoms with E-state index < -0.39 is 0 Å². The molecule has 0 aliphatic rings. The second-order valence-electron chi connectivity index (χ2n) is 6.66. The van der Waals surface area contributed by atoms with Gasteiger partial charge in [-0.05, 0) is 55.3 Å². The molecule has 0 saturated heterocycles. The van der Waals surface area contributed by atoms with Gasteiger partial charge in [-0.1, -0.05) is 49.7 Å². The van der Waals surface area contributed by atoms with Gasteiger partial charge in [0, 0.05) is 23.2 Å². The Morgan fingerprint density at radius 3 is 2.10 bits per heavy atom. The molecular formula is C18H31BrN2. The van der Waals surface area contributed by atoms with Crippen molar-refractivity contribution >= 4 is 21.6 Å². The summed E-state index contributed by atoms with van der Waals surface area (Å²) in [7, 11) is 0. The lowest BCUT2D eigenvalue weighted by Gasteiger charge is -2.29. The maximum absolute atomic E-state index is 5.78. The van der Waals surface area contributed by atoms with Gasteiger partial charge in [0.1, 0.15) is 0 Å². The van der Waals surface area contributed by atoms with Crippen LogP contribution in [0, 0.1) is 11.8 Å². The smallest absolute Gasteiger partial charge is 0.0410 e. The van der Waals surface area contributed by atoms with Crippen LogP contribution in [0.5, 0.6) is 0 Å². The molecule has 0 fully saturated rings. The first-order valence-corrected chi connectivity index (χ1v) is 8.96. The van der Waals surface area contributed by atoms with Crippen molar-refractivity contribution in [3.05, 3.63) is 28.2 Å². The zero-order chi connectivity index (χ0) is 15.8. The first-order valence-electron chi connectivity index (χ1n) is 8.17. The predicted molar refractivity (Wildman–Crippen MR) is 98.0 cm³/mol. The molecular weight excluding hydrogens is 324 g/mol. The van der Waals surface area contributed by atoms with Crippen LogP contribution in [0.25, 0.3) is 0 Å². The van der Waals surface area contributed by atoms with Crippen LogP contribution in [0.15, 0.2) is 22.7 Å². The Kier molecular flexibility index (Phi) is 8.35. The van der Waals surface area contributed by atoms with Crippen molar-refractivity contribution < 1.29 is 0 Å². The summed E-state index contributed by atoms with van der Waals surface area (Å²) >= 11 is 3.62. The van der Waals surface area contributed by atoms with Crippen LogP contribution in [0.1, 0.15) is 46.1 Å². The maximum atomic E-state index is 5.78. The van der Waals surface area contributed by atoms with E-state index in [0.29, 0.717) is 6.54 Å². The van der Waals surface area contributed by atoms with E-state index in [1.165, 1.54) is 24.1 Å². The number of nitrogens with two attached hydrogens (primary N) is 1. The fourth-order valence-corrected chi connectivity index (χ4v) is 2.73. The van der Waals surface area contributed by atoms with Gasteiger partial charge in [0.15, 0.2) is 0 Å². The molecule has 0 radical (unpaired) electrons. The van der Waals surface area contributed by atoms with Crippen LogP contribution >= 0.6 is 15.9 Å². The largest absolute Gasteiger partial charge is 0.371 e. The fraction of sp³-hybridized carbons (Fsp3) is 0.667. The number of anilines is 1. The molecule has 0 aromatic heterocycles. The molecule has 2 nitrogen and oxygen atoms in total. The van der Waals surface area contributed by atoms with E-state index in [1.54, 1.807) is 0 Å². The molecule has 1 aromatic rings. The van der Waals surface area contributed by atoms with E-state index >= 15 is 0 Å². The van der Waals surface area contributed by atoms with E-state index in [4.69, 9.17) is 5.73 Å². The summed E-state index contributed by atoms with van der Waals surface area (Å²) in [5.41, 5.74) is 8.51. The second kappa shape index (κ2) is 9.47. The fourth-order valence-electron chi connectivity index (χ4n) is 2.38. The summed E-state index contributed by atoms with van der Waals surface area (Å²) in [6.07, 6.45) is 3.40. The molecule has 0 saturated carbocycles. The van der Waals surface area contributed by atoms with Gasteiger partial charge in [0.2, 0.25) is 0 Å². The highest BCUT2D eigenvalue weighted by Crippen LogP contribution is 2.27. The van der Waals surface area contributed by atoms with Gasteiger partial charge in [-0.3, -0.25) is 0 Å². The minimum Gasteiger partial charge on any atom is -0.371 e. The molecule has 0 aliphatic carbocycles. The minimum atomic E-state index is 0.705. The third-order valence-corrected chi connectivity index (χ3v) is 4.25. The zero-order valence-corrected chi connectivity index (χ0v) is 15.6. The summed E-state index contributed by atoms with van der Waals surface area (Å²) in [5, 5.41) is 0. The van der Waals surface area contributed by atoms with Gasteiger partial charge in [-0.25, -0.2) is 0 Å². The normalized spacial score (nSPS) is 11.4. The lowest BCUT2D eigenvalue weighted by Crippen LogP contribution is -2.28. The summed E-state index contributed by atoms with van der Waals surface area (Å²) in [6, 6.07) is 6.59. The SMILES string of the molecule is CC(C)CCN(CCC(C)C)c1cc(Br)ccc1CCN. The van der Waals surface area contributed by atoms with Crippen LogP contribution in [0.3, 0.4) is 0 Å². The van der Waals surface area contributed by atoms with Crippen molar-refractivity contribution in [2.75, 3.05) is 24.5 Å². The van der Waals surface area contributed by atoms with Gasteiger partial charge in [-0.15, -0.1) is 0 Å². The Bertz CT molecular complexity index is 404. The number of hydrogen-bond acceptors (Lipinski definition) is 2. The number of nitrogens with zero attached hydrogens (tertiary/aromatic N) is 1. The molecule has 0 spiro atoms. The number of halogens is 1. The molecule has 21 heavy (non-hydrogen) atoms. The molecule has 0 amide bonds. The van der Waals surface area contributed by atoms with Crippen molar-refractivity contribution in [1.29, 1.82) is 0 Å². The monoisotopic (exact) mass is 354 g/mol. The maximum Gasteiger partial charge on any atom is 0.0410 e. The zero-order valence-electron chi connectivity index (χ0n) is 14.0. The van der Waals surface area contributed by atoms with Crippen LogP contribution in [0.2, 0.25) is 0 Å². The van der Waals surface area contributed by atoms with Crippen molar-refractivity contribution in [3.8, 4) is 0 Å². The van der Waals surface area contributed by atoms with Gasteiger partial charge in [0.05, 0.1) is 0 Å². The lowest BCUT2D eigenvalue weighted by molar-refractivity contribution is 0.534. The van der Waals surface area contributed by atoms with E-state index in [9.17, 15) is 0 Å². The highest BCUT2D eigenvalue weighted by Gasteiger charge is 2.13. The summed E-state index contributed by atoms with van der Waals surface area (Å²) in [4.78, 5) is 2.55. The topological polar surface area (TPSA) is 29.3 Å². The summed E-state index contributed by atoms with van der Waals surface area (Å²) in [6.45, 7) is 12.1. The molecule has 0 aliphatic heterocycles. The molecule has 0 heterocycles. The average molecular weight is 355 g/mol. The van der Waals surface area contributed by atoms with Crippen LogP contribution in [0.4, 0.5) is 5.69 Å². The minimum absolute atomic E-state index is 0.705. The molecule has 0 bridgehead atoms. The van der Waals surface area contributed by atoms with Crippen LogP contribution < -0.4 is 10.6 Å². The number of hydrogen-bond donors (Lipinski definition) is 1. The first kappa shape index (κ1) is 18.5. The third kappa shape index (κ3) is 6.84. The van der Waals surface area contributed by atoms with E-state index in [0.717, 1.165) is 35.8 Å². The predicted octanol–water partition coefficient (Wildman–Crippen LogP) is 4.85. The Labute approximate surface area is 139 Å². The molecule has 1 rings (SSSR count). The average Bonchev–Trinajstić information content (AvgIpc) is 2.41. The standard InChI is InChI=1S/C18H31BrN2/c1-14(2)8-11-21(12-9-15(3)4)18-13-17(19)6-5-16(18)7-10-20/h5-6,13-15H,7-12,20H2,1-4H3. The lowest BCUT2D eigenvalue weighted by atomic mass is 10.0. The molecule has 120 valence electrons. The summed E-state index contributed by atoms with van der Waals surface area (Å²) < 4.78 is 1.15. The van der Waals surface area contributed by atoms with Gasteiger partial charge < -0.3 is 10.6 Å². The number of rotatable bonds is 9. The Morgan fingerprint density at radius 2 is 1.62 bits per heavy atom. The highest BCUT2D eigenvalue weighted by molar-refractivity contribution is 9.10. The third-order valence-electron chi connectivity index (χ3n) is 3.75. The van der Waals surface area contributed by atoms with Crippen molar-refractivity contribution in [3.63, 3.8) is 0 Å². The van der Waals surface area contributed by atoms with Gasteiger partial charge in [-0.2, -0.15) is 0 Å². The van der Waals surface area contributed by atoms with E-state index in [2.05, 4.69) is 66.7 Å². The van der Waals surface area contributed by atoms with Crippen LogP contribution in [-0.4, -0.2) is 19.6 Å². The van der Waals surface area contributed by atoms with Crippen LogP contribution in [-0.2, 0) is 6.42 Å². The second-order valence-corrected chi connectivity index (χ2v) is 7.58. The Balaban J connectivity index is 2.95. The Morgan fingerprint density at radius 1 is 1.05 bits per heavy atom. The highest BCUT2D eigenvalue weighted by atomic mass is 79.9. The van der Waals surface area contributed by atoms with Crippen molar-refractivity contribution in [1.82, 2.24) is 0 Å². The first-order chi connectivity index (χ1) is 9.93. The molecule has 3 heteroatoms. The van der Waals surface area contributed by atoms with Gasteiger partial charge in [0.25, 0.3) is 0 Å². The number of benzene rings is 1. The quantitative estimate of drug-likeness (QED) is 0.686. The molecule has 0 unspecified atom stereocenters. The van der Waals surface area contributed by atoms with Crippen molar-refractivity contribution in [2.24, 2.45) is 17.6 Å². The van der Waals surface area contributed by atoms with E-state index in [1.807, 2.05) is 0 Å². The molecule has 2 N–H and O–H groups in total. The molecule has 0 atom stereocenters.